The van der Waals surface area contributed by atoms with Crippen LogP contribution in [0.5, 0.6) is 0 Å². The fourth-order valence-corrected chi connectivity index (χ4v) is 2.98. The molecule has 1 aliphatic heterocycles. The third-order valence-corrected chi connectivity index (χ3v) is 3.88. The van der Waals surface area contributed by atoms with Crippen LogP contribution >= 0.6 is 0 Å². The normalized spacial score (nSPS) is 39.6. The van der Waals surface area contributed by atoms with E-state index in [2.05, 4.69) is 5.32 Å². The molecule has 82 valence electrons. The smallest absolute Gasteiger partial charge is 0.0540 e. The summed E-state index contributed by atoms with van der Waals surface area (Å²) < 4.78 is 0. The highest BCUT2D eigenvalue weighted by atomic mass is 16.3. The van der Waals surface area contributed by atoms with Crippen molar-refractivity contribution in [3.63, 3.8) is 0 Å². The fraction of sp³-hybridized carbons (Fsp3) is 1.00. The fourth-order valence-electron chi connectivity index (χ4n) is 2.98. The summed E-state index contributed by atoms with van der Waals surface area (Å²) in [6.07, 6.45) is 8.81. The number of hydrogen-bond acceptors (Lipinski definition) is 2. The van der Waals surface area contributed by atoms with Gasteiger partial charge in [-0.2, -0.15) is 0 Å². The molecule has 14 heavy (non-hydrogen) atoms. The first-order chi connectivity index (χ1) is 6.84. The summed E-state index contributed by atoms with van der Waals surface area (Å²) in [4.78, 5) is 0. The van der Waals surface area contributed by atoms with Crippen LogP contribution in [0.2, 0.25) is 0 Å². The Labute approximate surface area is 87.1 Å². The zero-order valence-electron chi connectivity index (χ0n) is 9.04. The molecule has 0 aromatic carbocycles. The predicted octanol–water partition coefficient (Wildman–Crippen LogP) is 1.93. The van der Waals surface area contributed by atoms with Crippen molar-refractivity contribution in [3.05, 3.63) is 0 Å². The van der Waals surface area contributed by atoms with Crippen molar-refractivity contribution in [2.75, 3.05) is 13.1 Å². The number of piperidine rings is 1. The molecule has 1 saturated carbocycles. The van der Waals surface area contributed by atoms with E-state index < -0.39 is 0 Å². The van der Waals surface area contributed by atoms with Crippen LogP contribution in [0.25, 0.3) is 0 Å². The summed E-state index contributed by atoms with van der Waals surface area (Å²) in [6, 6.07) is 0. The van der Waals surface area contributed by atoms with E-state index in [0.29, 0.717) is 0 Å². The Morgan fingerprint density at radius 3 is 2.43 bits per heavy atom. The van der Waals surface area contributed by atoms with Gasteiger partial charge in [-0.25, -0.2) is 0 Å². The summed E-state index contributed by atoms with van der Waals surface area (Å²) >= 11 is 0. The van der Waals surface area contributed by atoms with Gasteiger partial charge in [-0.1, -0.05) is 0 Å². The minimum Gasteiger partial charge on any atom is -0.393 e. The van der Waals surface area contributed by atoms with Gasteiger partial charge in [0.25, 0.3) is 0 Å². The largest absolute Gasteiger partial charge is 0.393 e. The zero-order chi connectivity index (χ0) is 9.80. The van der Waals surface area contributed by atoms with Gasteiger partial charge in [0.1, 0.15) is 0 Å². The van der Waals surface area contributed by atoms with E-state index in [1.807, 2.05) is 0 Å². The topological polar surface area (TPSA) is 32.3 Å². The lowest BCUT2D eigenvalue weighted by Crippen LogP contribution is -2.31. The van der Waals surface area contributed by atoms with E-state index in [4.69, 9.17) is 0 Å². The molecule has 0 aromatic rings. The Morgan fingerprint density at radius 1 is 1.00 bits per heavy atom. The molecule has 2 aliphatic rings. The highest BCUT2D eigenvalue weighted by Gasteiger charge is 2.23. The molecular weight excluding hydrogens is 174 g/mol. The number of nitrogens with one attached hydrogen (secondary N) is 1. The van der Waals surface area contributed by atoms with Gasteiger partial charge >= 0.3 is 0 Å². The third-order valence-electron chi connectivity index (χ3n) is 3.88. The summed E-state index contributed by atoms with van der Waals surface area (Å²) in [7, 11) is 0. The van der Waals surface area contributed by atoms with E-state index >= 15 is 0 Å². The van der Waals surface area contributed by atoms with Gasteiger partial charge in [0, 0.05) is 0 Å². The van der Waals surface area contributed by atoms with Crippen LogP contribution < -0.4 is 5.32 Å². The monoisotopic (exact) mass is 197 g/mol. The lowest BCUT2D eigenvalue weighted by molar-refractivity contribution is 0.0995. The van der Waals surface area contributed by atoms with Crippen molar-refractivity contribution in [1.29, 1.82) is 0 Å². The highest BCUT2D eigenvalue weighted by Crippen LogP contribution is 2.31. The van der Waals surface area contributed by atoms with Crippen molar-refractivity contribution in [2.45, 2.75) is 51.0 Å². The molecule has 1 atom stereocenters. The van der Waals surface area contributed by atoms with Crippen LogP contribution in [0.4, 0.5) is 0 Å². The molecule has 0 radical (unpaired) electrons. The molecule has 1 unspecified atom stereocenters. The molecule has 1 saturated heterocycles. The van der Waals surface area contributed by atoms with E-state index in [9.17, 15) is 5.11 Å². The molecule has 2 heteroatoms. The Kier molecular flexibility index (Phi) is 3.82. The molecule has 0 amide bonds. The van der Waals surface area contributed by atoms with Crippen molar-refractivity contribution in [3.8, 4) is 0 Å². The van der Waals surface area contributed by atoms with Crippen molar-refractivity contribution in [2.24, 2.45) is 11.8 Å². The maximum absolute atomic E-state index is 9.42. The van der Waals surface area contributed by atoms with Crippen LogP contribution in [0.15, 0.2) is 0 Å². The van der Waals surface area contributed by atoms with Gasteiger partial charge in [-0.05, 0) is 69.9 Å². The first-order valence-corrected chi connectivity index (χ1v) is 6.23. The number of hydrogen-bond donors (Lipinski definition) is 2. The molecule has 2 fully saturated rings. The van der Waals surface area contributed by atoms with E-state index in [1.54, 1.807) is 0 Å². The van der Waals surface area contributed by atoms with E-state index in [-0.39, 0.29) is 6.10 Å². The average molecular weight is 197 g/mol. The van der Waals surface area contributed by atoms with Gasteiger partial charge in [0.05, 0.1) is 6.10 Å². The second-order valence-electron chi connectivity index (χ2n) is 5.12. The maximum Gasteiger partial charge on any atom is 0.0540 e. The van der Waals surface area contributed by atoms with Gasteiger partial charge in [0.2, 0.25) is 0 Å². The molecule has 1 heterocycles. The highest BCUT2D eigenvalue weighted by molar-refractivity contribution is 4.77. The molecule has 0 aromatic heterocycles. The summed E-state index contributed by atoms with van der Waals surface area (Å²) in [5.74, 6) is 1.83. The second-order valence-corrected chi connectivity index (χ2v) is 5.12. The molecular formula is C12H23NO. The van der Waals surface area contributed by atoms with Crippen molar-refractivity contribution < 1.29 is 5.11 Å². The van der Waals surface area contributed by atoms with Crippen LogP contribution in [0, 0.1) is 11.8 Å². The second kappa shape index (κ2) is 5.13. The van der Waals surface area contributed by atoms with Crippen molar-refractivity contribution >= 4 is 0 Å². The van der Waals surface area contributed by atoms with E-state index in [0.717, 1.165) is 24.7 Å². The Morgan fingerprint density at radius 2 is 1.79 bits per heavy atom. The Balaban J connectivity index is 1.68. The predicted molar refractivity (Wildman–Crippen MR) is 58.2 cm³/mol. The molecule has 1 aliphatic carbocycles. The molecule has 2 N–H and O–H groups in total. The van der Waals surface area contributed by atoms with Crippen LogP contribution in [0.3, 0.4) is 0 Å². The first kappa shape index (κ1) is 10.4. The number of rotatable bonds is 2. The molecule has 0 spiro atoms. The van der Waals surface area contributed by atoms with Gasteiger partial charge in [0.15, 0.2) is 0 Å². The number of aliphatic hydroxyl groups is 1. The SMILES string of the molecule is OC1CCC(CC2CCCNC2)CC1. The van der Waals surface area contributed by atoms with Gasteiger partial charge in [-0.15, -0.1) is 0 Å². The molecule has 2 rings (SSSR count). The lowest BCUT2D eigenvalue weighted by atomic mass is 9.80. The maximum atomic E-state index is 9.42. The zero-order valence-corrected chi connectivity index (χ0v) is 9.04. The summed E-state index contributed by atoms with van der Waals surface area (Å²) in [6.45, 7) is 2.46. The average Bonchev–Trinajstić information content (AvgIpc) is 2.23. The summed E-state index contributed by atoms with van der Waals surface area (Å²) in [5.41, 5.74) is 0. The van der Waals surface area contributed by atoms with Crippen LogP contribution in [-0.4, -0.2) is 24.3 Å². The van der Waals surface area contributed by atoms with Crippen molar-refractivity contribution in [1.82, 2.24) is 5.32 Å². The third kappa shape index (κ3) is 2.96. The lowest BCUT2D eigenvalue weighted by Gasteiger charge is -2.30. The van der Waals surface area contributed by atoms with E-state index in [1.165, 1.54) is 45.2 Å². The van der Waals surface area contributed by atoms with Crippen LogP contribution in [-0.2, 0) is 0 Å². The molecule has 2 nitrogen and oxygen atoms in total. The Bertz CT molecular complexity index is 158. The number of aliphatic hydroxyl groups excluding tert-OH is 1. The standard InChI is InChI=1S/C12H23NO/c14-12-5-3-10(4-6-12)8-11-2-1-7-13-9-11/h10-14H,1-9H2. The van der Waals surface area contributed by atoms with Gasteiger partial charge < -0.3 is 10.4 Å². The van der Waals surface area contributed by atoms with Crippen LogP contribution in [0.1, 0.15) is 44.9 Å². The van der Waals surface area contributed by atoms with Gasteiger partial charge in [-0.3, -0.25) is 0 Å². The first-order valence-electron chi connectivity index (χ1n) is 6.23. The Hall–Kier alpha value is -0.0800. The minimum atomic E-state index is 0.00994. The minimum absolute atomic E-state index is 0.00994. The molecule has 0 bridgehead atoms. The summed E-state index contributed by atoms with van der Waals surface area (Å²) in [5, 5.41) is 12.9. The quantitative estimate of drug-likeness (QED) is 0.709.